The van der Waals surface area contributed by atoms with Crippen LogP contribution in [-0.2, 0) is 43.3 Å². The molecule has 1 amide bonds. The standard InChI is InChI=1S/C37H39F2N9O10P2/c1-4-24-25(14-27(55-24)47-15-21(38)28-22(41-17-42-32(28)47)13-23(49)20-9-6-5-7-10-20)58-60(53-12-8-11-40)54-16-26-29(39)31(57-59-52)36(56-26)48-18-43-30-33(48)44-37(46-35(30)51)45-34(50)19(2)3/h5-7,9-10,15,17-19,24-27,29,31,36H,4,8,12-14,16H2,1-3H3,(H2,44,45,46,50,51)/t24-,25+,26-,27-,29-,31-,36-,60?/m1/s1. The Morgan fingerprint density at radius 2 is 1.93 bits per heavy atom. The van der Waals surface area contributed by atoms with Crippen LogP contribution in [0.4, 0.5) is 14.7 Å². The van der Waals surface area contributed by atoms with Gasteiger partial charge in [0.25, 0.3) is 5.56 Å². The van der Waals surface area contributed by atoms with Crippen molar-refractivity contribution in [2.75, 3.05) is 18.5 Å². The van der Waals surface area contributed by atoms with Crippen molar-refractivity contribution in [2.45, 2.75) is 89.5 Å². The zero-order valence-electron chi connectivity index (χ0n) is 32.3. The molecule has 1 unspecified atom stereocenters. The summed E-state index contributed by atoms with van der Waals surface area (Å²) in [5, 5.41) is 11.8. The SMILES string of the molecule is CC[C@H]1O[C@@H](n2cc(F)c3c(CC(=O)c4ccccc4)ncnc32)C[C@@H]1OP(OCCC#N)OC[C@H]1O[C@@H](n2cnc3c(=O)[nH]c(NC(=O)C(C)C)nc32)[C@H](OP=O)[C@@H]1F. The van der Waals surface area contributed by atoms with Crippen molar-refractivity contribution < 1.29 is 50.5 Å². The molecule has 2 aliphatic rings. The lowest BCUT2D eigenvalue weighted by Gasteiger charge is -2.24. The minimum atomic E-state index is -2.28. The number of hydrogen-bond donors (Lipinski definition) is 2. The van der Waals surface area contributed by atoms with Crippen LogP contribution in [-0.4, -0.2) is 89.5 Å². The van der Waals surface area contributed by atoms with Crippen molar-refractivity contribution in [1.82, 2.24) is 34.1 Å². The van der Waals surface area contributed by atoms with Gasteiger partial charge in [-0.05, 0) is 6.42 Å². The van der Waals surface area contributed by atoms with Gasteiger partial charge in [0.2, 0.25) is 11.9 Å². The zero-order chi connectivity index (χ0) is 42.5. The Bertz CT molecular complexity index is 2450. The molecule has 5 aromatic rings. The van der Waals surface area contributed by atoms with Gasteiger partial charge in [0.1, 0.15) is 24.3 Å². The lowest BCUT2D eigenvalue weighted by atomic mass is 10.1. The van der Waals surface area contributed by atoms with E-state index in [0.29, 0.717) is 12.0 Å². The fourth-order valence-corrected chi connectivity index (χ4v) is 8.30. The van der Waals surface area contributed by atoms with E-state index in [1.165, 1.54) is 28.0 Å². The fraction of sp³-hybridized carbons (Fsp3) is 0.459. The molecule has 0 bridgehead atoms. The Kier molecular flexibility index (Phi) is 13.7. The number of nitriles is 1. The number of ketones is 1. The summed E-state index contributed by atoms with van der Waals surface area (Å²) in [6.07, 6.45) is -3.98. The van der Waals surface area contributed by atoms with Crippen molar-refractivity contribution in [3.8, 4) is 6.07 Å². The maximum atomic E-state index is 16.1. The first kappa shape index (κ1) is 43.1. The van der Waals surface area contributed by atoms with Gasteiger partial charge in [-0.2, -0.15) is 10.2 Å². The number of rotatable bonds is 18. The molecule has 6 heterocycles. The zero-order valence-corrected chi connectivity index (χ0v) is 34.1. The minimum absolute atomic E-state index is 0.0122. The van der Waals surface area contributed by atoms with Crippen molar-refractivity contribution in [3.63, 3.8) is 0 Å². The molecule has 23 heteroatoms. The van der Waals surface area contributed by atoms with Crippen LogP contribution in [0.5, 0.6) is 0 Å². The van der Waals surface area contributed by atoms with Gasteiger partial charge in [-0.1, -0.05) is 51.1 Å². The molecule has 1 aromatic carbocycles. The fourth-order valence-electron chi connectivity index (χ4n) is 6.83. The summed E-state index contributed by atoms with van der Waals surface area (Å²) < 4.78 is 81.7. The minimum Gasteiger partial charge on any atom is -0.352 e. The molecule has 0 saturated carbocycles. The van der Waals surface area contributed by atoms with E-state index >= 15 is 8.78 Å². The van der Waals surface area contributed by atoms with Crippen LogP contribution in [0, 0.1) is 23.1 Å². The monoisotopic (exact) mass is 869 g/mol. The number of fused-ring (bicyclic) bond motifs is 2. The van der Waals surface area contributed by atoms with Crippen LogP contribution in [0.3, 0.4) is 0 Å². The highest BCUT2D eigenvalue weighted by molar-refractivity contribution is 7.41. The Morgan fingerprint density at radius 3 is 2.67 bits per heavy atom. The molecule has 7 rings (SSSR count). The summed E-state index contributed by atoms with van der Waals surface area (Å²) in [7, 11) is -3.14. The Balaban J connectivity index is 1.07. The molecule has 0 radical (unpaired) electrons. The molecular formula is C37H39F2N9O10P2. The number of hydrogen-bond acceptors (Lipinski definition) is 15. The highest BCUT2D eigenvalue weighted by Crippen LogP contribution is 2.48. The van der Waals surface area contributed by atoms with E-state index in [1.54, 1.807) is 44.2 Å². The number of carbonyl (C=O) groups is 2. The predicted octanol–water partition coefficient (Wildman–Crippen LogP) is 5.81. The van der Waals surface area contributed by atoms with E-state index in [2.05, 4.69) is 30.2 Å². The highest BCUT2D eigenvalue weighted by Gasteiger charge is 2.49. The summed E-state index contributed by atoms with van der Waals surface area (Å²) in [6.45, 7) is 4.62. The third-order valence-corrected chi connectivity index (χ3v) is 11.4. The van der Waals surface area contributed by atoms with Crippen molar-refractivity contribution in [1.29, 1.82) is 5.26 Å². The quantitative estimate of drug-likeness (QED) is 0.0601. The number of halogens is 2. The summed E-state index contributed by atoms with van der Waals surface area (Å²) in [4.78, 5) is 57.5. The second kappa shape index (κ2) is 19.1. The average molecular weight is 870 g/mol. The molecule has 0 spiro atoms. The summed E-state index contributed by atoms with van der Waals surface area (Å²) in [5.41, 5.74) is 0.0189. The Labute approximate surface area is 343 Å². The van der Waals surface area contributed by atoms with Gasteiger partial charge >= 0.3 is 17.3 Å². The molecule has 316 valence electrons. The van der Waals surface area contributed by atoms with Gasteiger partial charge in [0.15, 0.2) is 41.3 Å². The molecule has 2 aliphatic heterocycles. The second-order valence-electron chi connectivity index (χ2n) is 14.1. The molecule has 2 N–H and O–H groups in total. The summed E-state index contributed by atoms with van der Waals surface area (Å²) in [6, 6.07) is 10.6. The van der Waals surface area contributed by atoms with Gasteiger partial charge in [-0.15, -0.1) is 0 Å². The second-order valence-corrected chi connectivity index (χ2v) is 15.6. The summed E-state index contributed by atoms with van der Waals surface area (Å²) in [5.74, 6) is -1.89. The first-order chi connectivity index (χ1) is 29.0. The number of anilines is 1. The maximum absolute atomic E-state index is 16.1. The topological polar surface area (TPSA) is 237 Å². The van der Waals surface area contributed by atoms with E-state index in [9.17, 15) is 24.2 Å². The van der Waals surface area contributed by atoms with Crippen LogP contribution >= 0.6 is 17.3 Å². The number of aromatic nitrogens is 7. The van der Waals surface area contributed by atoms with Gasteiger partial charge in [0.05, 0.1) is 61.7 Å². The number of carbonyl (C=O) groups excluding carboxylic acids is 2. The molecule has 2 saturated heterocycles. The lowest BCUT2D eigenvalue weighted by Crippen LogP contribution is -2.31. The number of ether oxygens (including phenoxy) is 2. The Morgan fingerprint density at radius 1 is 1.13 bits per heavy atom. The van der Waals surface area contributed by atoms with E-state index in [-0.39, 0.29) is 65.5 Å². The number of nitrogens with one attached hydrogen (secondary N) is 2. The van der Waals surface area contributed by atoms with Crippen molar-refractivity contribution in [3.05, 3.63) is 76.6 Å². The number of amides is 1. The van der Waals surface area contributed by atoms with Gasteiger partial charge in [-0.25, -0.2) is 28.3 Å². The normalized spacial score (nSPS) is 23.4. The number of benzene rings is 1. The van der Waals surface area contributed by atoms with Crippen LogP contribution < -0.4 is 10.9 Å². The third-order valence-electron chi connectivity index (χ3n) is 9.84. The number of nitrogens with zero attached hydrogens (tertiary/aromatic N) is 7. The van der Waals surface area contributed by atoms with E-state index in [1.807, 2.05) is 13.0 Å². The first-order valence-electron chi connectivity index (χ1n) is 18.9. The Hall–Kier alpha value is -5.03. The molecule has 0 aliphatic carbocycles. The number of H-pyrrole nitrogens is 1. The number of alkyl halides is 1. The number of aromatic amines is 1. The third kappa shape index (κ3) is 9.16. The van der Waals surface area contributed by atoms with Gasteiger partial charge < -0.3 is 27.6 Å². The van der Waals surface area contributed by atoms with Crippen LogP contribution in [0.2, 0.25) is 0 Å². The molecule has 2 fully saturated rings. The number of Topliss-reactive ketones (excluding diaryl/α,β-unsaturated/α-hetero) is 1. The molecule has 8 atom stereocenters. The van der Waals surface area contributed by atoms with Gasteiger partial charge in [-0.3, -0.25) is 33.8 Å². The number of imidazole rings is 1. The van der Waals surface area contributed by atoms with Crippen molar-refractivity contribution >= 4 is 57.1 Å². The molecule has 19 nitrogen and oxygen atoms in total. The van der Waals surface area contributed by atoms with Gasteiger partial charge in [0, 0.05) is 24.1 Å². The predicted molar refractivity (Wildman–Crippen MR) is 208 cm³/mol. The van der Waals surface area contributed by atoms with Crippen LogP contribution in [0.1, 0.15) is 68.5 Å². The van der Waals surface area contributed by atoms with E-state index < -0.39 is 90.1 Å². The average Bonchev–Trinajstić information content (AvgIpc) is 4.01. The molecule has 4 aromatic heterocycles. The van der Waals surface area contributed by atoms with Crippen LogP contribution in [0.15, 0.2) is 54.0 Å². The molecule has 60 heavy (non-hydrogen) atoms. The summed E-state index contributed by atoms with van der Waals surface area (Å²) >= 11 is 0. The van der Waals surface area contributed by atoms with Crippen LogP contribution in [0.25, 0.3) is 22.2 Å². The molecular weight excluding hydrogens is 830 g/mol. The largest absolute Gasteiger partial charge is 0.352 e. The first-order valence-corrected chi connectivity index (χ1v) is 20.7. The maximum Gasteiger partial charge on any atom is 0.333 e. The lowest BCUT2D eigenvalue weighted by molar-refractivity contribution is -0.118. The van der Waals surface area contributed by atoms with E-state index in [4.69, 9.17) is 27.6 Å². The smallest absolute Gasteiger partial charge is 0.333 e. The van der Waals surface area contributed by atoms with Crippen molar-refractivity contribution in [2.24, 2.45) is 5.92 Å². The van der Waals surface area contributed by atoms with E-state index in [0.717, 1.165) is 0 Å². The highest BCUT2D eigenvalue weighted by atomic mass is 31.2.